The van der Waals surface area contributed by atoms with Crippen LogP contribution in [0.4, 0.5) is 0 Å². The number of ether oxygens (including phenoxy) is 1. The standard InChI is InChI=1S/C32H37NO8/c1-20(6-4-8-21(2)12-28-30(36)22(3)32(38)41-28)7-5-9-23-14-27(40-19-23)16-25-15-26(13-24-10-11-39-18-24)33(31(25)37)17-29(34)35/h7,10-12,14-15,18-19,21,26,36H,4-6,8-9,13,16-17H2,1-3H3,(H,34,35)/b20-7+,28-12-/t21-,26?/m1/s1. The Morgan fingerprint density at radius 3 is 2.71 bits per heavy atom. The highest BCUT2D eigenvalue weighted by molar-refractivity contribution is 5.98. The second-order valence-electron chi connectivity index (χ2n) is 10.9. The zero-order valence-corrected chi connectivity index (χ0v) is 23.7. The number of aliphatic carboxylic acids is 1. The highest BCUT2D eigenvalue weighted by atomic mass is 16.6. The van der Waals surface area contributed by atoms with Gasteiger partial charge in [0.25, 0.3) is 5.91 Å². The number of esters is 1. The Morgan fingerprint density at radius 1 is 1.22 bits per heavy atom. The third-order valence-electron chi connectivity index (χ3n) is 7.42. The average molecular weight is 564 g/mol. The molecule has 218 valence electrons. The van der Waals surface area contributed by atoms with E-state index in [0.29, 0.717) is 24.2 Å². The lowest BCUT2D eigenvalue weighted by atomic mass is 9.99. The molecule has 9 nitrogen and oxygen atoms in total. The Balaban J connectivity index is 1.23. The summed E-state index contributed by atoms with van der Waals surface area (Å²) in [4.78, 5) is 37.3. The van der Waals surface area contributed by atoms with Crippen molar-refractivity contribution in [2.75, 3.05) is 6.54 Å². The van der Waals surface area contributed by atoms with E-state index >= 15 is 0 Å². The van der Waals surface area contributed by atoms with Crippen molar-refractivity contribution in [2.45, 2.75) is 71.8 Å². The maximum Gasteiger partial charge on any atom is 0.343 e. The smallest absolute Gasteiger partial charge is 0.343 e. The number of allylic oxidation sites excluding steroid dienone is 3. The van der Waals surface area contributed by atoms with E-state index in [1.807, 2.05) is 25.1 Å². The van der Waals surface area contributed by atoms with Gasteiger partial charge in [0, 0.05) is 12.0 Å². The van der Waals surface area contributed by atoms with E-state index in [2.05, 4.69) is 13.0 Å². The Hall–Kier alpha value is -4.27. The number of carboxylic acid groups (broad SMARTS) is 1. The molecule has 0 saturated carbocycles. The second kappa shape index (κ2) is 13.4. The van der Waals surface area contributed by atoms with Crippen LogP contribution in [-0.4, -0.2) is 45.5 Å². The van der Waals surface area contributed by atoms with Gasteiger partial charge < -0.3 is 28.7 Å². The van der Waals surface area contributed by atoms with Gasteiger partial charge in [-0.2, -0.15) is 0 Å². The van der Waals surface area contributed by atoms with E-state index in [1.54, 1.807) is 31.8 Å². The number of furan rings is 2. The van der Waals surface area contributed by atoms with Gasteiger partial charge in [-0.1, -0.05) is 24.6 Å². The molecular formula is C32H37NO8. The predicted octanol–water partition coefficient (Wildman–Crippen LogP) is 5.84. The molecule has 0 aliphatic carbocycles. The van der Waals surface area contributed by atoms with E-state index < -0.39 is 11.9 Å². The maximum atomic E-state index is 13.0. The zero-order chi connectivity index (χ0) is 29.5. The molecule has 2 atom stereocenters. The molecule has 2 aromatic heterocycles. The monoisotopic (exact) mass is 563 g/mol. The molecule has 41 heavy (non-hydrogen) atoms. The second-order valence-corrected chi connectivity index (χ2v) is 10.9. The number of nitrogens with zero attached hydrogens (tertiary/aromatic N) is 1. The molecule has 0 spiro atoms. The van der Waals surface area contributed by atoms with Crippen LogP contribution >= 0.6 is 0 Å². The van der Waals surface area contributed by atoms with Gasteiger partial charge in [0.15, 0.2) is 11.5 Å². The van der Waals surface area contributed by atoms with Crippen LogP contribution in [0, 0.1) is 5.92 Å². The minimum Gasteiger partial charge on any atom is -0.504 e. The quantitative estimate of drug-likeness (QED) is 0.217. The minimum absolute atomic E-state index is 0.0679. The van der Waals surface area contributed by atoms with Crippen molar-refractivity contribution in [1.29, 1.82) is 0 Å². The summed E-state index contributed by atoms with van der Waals surface area (Å²) >= 11 is 0. The molecule has 0 radical (unpaired) electrons. The van der Waals surface area contributed by atoms with Crippen LogP contribution in [-0.2, 0) is 38.4 Å². The fraction of sp³-hybridized carbons (Fsp3) is 0.406. The number of amides is 1. The van der Waals surface area contributed by atoms with E-state index in [1.165, 1.54) is 10.5 Å². The maximum absolute atomic E-state index is 13.0. The van der Waals surface area contributed by atoms with E-state index in [0.717, 1.165) is 43.2 Å². The molecule has 0 saturated heterocycles. The van der Waals surface area contributed by atoms with Gasteiger partial charge in [-0.25, -0.2) is 4.79 Å². The average Bonchev–Trinajstić information content (AvgIpc) is 3.70. The summed E-state index contributed by atoms with van der Waals surface area (Å²) in [5.41, 5.74) is 4.02. The molecule has 2 aliphatic rings. The Morgan fingerprint density at radius 2 is 2.02 bits per heavy atom. The van der Waals surface area contributed by atoms with Gasteiger partial charge in [-0.05, 0) is 87.6 Å². The number of hydrogen-bond acceptors (Lipinski definition) is 7. The van der Waals surface area contributed by atoms with E-state index in [4.69, 9.17) is 13.6 Å². The zero-order valence-electron chi connectivity index (χ0n) is 23.7. The first-order valence-corrected chi connectivity index (χ1v) is 13.9. The third kappa shape index (κ3) is 7.90. The molecule has 1 unspecified atom stereocenters. The summed E-state index contributed by atoms with van der Waals surface area (Å²) in [6.45, 7) is 5.34. The Bertz CT molecular complexity index is 1390. The molecule has 4 heterocycles. The SMILES string of the molecule is CC1=C(O)/C(=C/[C@H](C)CCC/C(C)=C/CCc2coc(CC3=CC(Cc4ccoc4)N(CC(=O)O)C3=O)c2)OC1=O. The topological polar surface area (TPSA) is 130 Å². The van der Waals surface area contributed by atoms with E-state index in [-0.39, 0.29) is 41.5 Å². The van der Waals surface area contributed by atoms with Crippen LogP contribution in [0.5, 0.6) is 0 Å². The molecule has 0 aromatic carbocycles. The van der Waals surface area contributed by atoms with Crippen molar-refractivity contribution in [3.05, 3.63) is 94.3 Å². The van der Waals surface area contributed by atoms with Crippen LogP contribution < -0.4 is 0 Å². The van der Waals surface area contributed by atoms with Crippen LogP contribution in [0.1, 0.15) is 63.3 Å². The number of aliphatic hydroxyl groups excluding tert-OH is 1. The van der Waals surface area contributed by atoms with Crippen molar-refractivity contribution >= 4 is 17.8 Å². The largest absolute Gasteiger partial charge is 0.504 e. The number of hydrogen-bond donors (Lipinski definition) is 2. The number of aryl methyl sites for hydroxylation is 1. The Labute approximate surface area is 239 Å². The van der Waals surface area contributed by atoms with Crippen molar-refractivity contribution in [3.8, 4) is 0 Å². The predicted molar refractivity (Wildman–Crippen MR) is 151 cm³/mol. The highest BCUT2D eigenvalue weighted by Crippen LogP contribution is 2.27. The third-order valence-corrected chi connectivity index (χ3v) is 7.42. The van der Waals surface area contributed by atoms with E-state index in [9.17, 15) is 24.6 Å². The van der Waals surface area contributed by atoms with Crippen molar-refractivity contribution < 1.29 is 38.2 Å². The number of aliphatic hydroxyl groups is 1. The van der Waals surface area contributed by atoms with Gasteiger partial charge in [-0.15, -0.1) is 0 Å². The van der Waals surface area contributed by atoms with Gasteiger partial charge in [-0.3, -0.25) is 9.59 Å². The lowest BCUT2D eigenvalue weighted by molar-refractivity contribution is -0.143. The summed E-state index contributed by atoms with van der Waals surface area (Å²) < 4.78 is 15.9. The first-order chi connectivity index (χ1) is 19.6. The molecule has 4 rings (SSSR count). The van der Waals surface area contributed by atoms with Gasteiger partial charge >= 0.3 is 11.9 Å². The van der Waals surface area contributed by atoms with Crippen LogP contribution in [0.3, 0.4) is 0 Å². The fourth-order valence-corrected chi connectivity index (χ4v) is 5.11. The number of carbonyl (C=O) groups excluding carboxylic acids is 2. The number of rotatable bonds is 14. The molecule has 0 bridgehead atoms. The van der Waals surface area contributed by atoms with Crippen LogP contribution in [0.25, 0.3) is 0 Å². The Kier molecular flexibility index (Phi) is 9.70. The minimum atomic E-state index is -1.05. The van der Waals surface area contributed by atoms with Crippen LogP contribution in [0.15, 0.2) is 86.2 Å². The molecule has 2 aromatic rings. The lowest BCUT2D eigenvalue weighted by Gasteiger charge is -2.22. The molecule has 0 fully saturated rings. The number of cyclic esters (lactones) is 1. The number of carboxylic acids is 1. The lowest BCUT2D eigenvalue weighted by Crippen LogP contribution is -2.39. The van der Waals surface area contributed by atoms with Gasteiger partial charge in [0.2, 0.25) is 0 Å². The molecular weight excluding hydrogens is 526 g/mol. The van der Waals surface area contributed by atoms with Crippen molar-refractivity contribution in [1.82, 2.24) is 4.90 Å². The molecule has 1 amide bonds. The van der Waals surface area contributed by atoms with Crippen LogP contribution in [0.2, 0.25) is 0 Å². The molecule has 2 aliphatic heterocycles. The summed E-state index contributed by atoms with van der Waals surface area (Å²) in [5, 5.41) is 19.3. The first kappa shape index (κ1) is 29.7. The summed E-state index contributed by atoms with van der Waals surface area (Å²) in [6, 6.07) is 3.42. The van der Waals surface area contributed by atoms with Crippen molar-refractivity contribution in [3.63, 3.8) is 0 Å². The molecule has 9 heteroatoms. The molecule has 2 N–H and O–H groups in total. The van der Waals surface area contributed by atoms with Crippen molar-refractivity contribution in [2.24, 2.45) is 5.92 Å². The fourth-order valence-electron chi connectivity index (χ4n) is 5.11. The van der Waals surface area contributed by atoms with Gasteiger partial charge in [0.1, 0.15) is 12.3 Å². The summed E-state index contributed by atoms with van der Waals surface area (Å²) in [7, 11) is 0. The van der Waals surface area contributed by atoms with Gasteiger partial charge in [0.05, 0.1) is 30.4 Å². The normalized spacial score (nSPS) is 19.3. The first-order valence-electron chi connectivity index (χ1n) is 13.9. The summed E-state index contributed by atoms with van der Waals surface area (Å²) in [5.74, 6) is -0.798. The summed E-state index contributed by atoms with van der Waals surface area (Å²) in [6.07, 6.45) is 16.0. The number of carbonyl (C=O) groups is 3. The highest BCUT2D eigenvalue weighted by Gasteiger charge is 2.34.